The van der Waals surface area contributed by atoms with E-state index in [0.29, 0.717) is 17.4 Å². The number of rotatable bonds is 3. The van der Waals surface area contributed by atoms with Crippen molar-refractivity contribution >= 4 is 11.3 Å². The normalized spacial score (nSPS) is 29.1. The molecule has 0 saturated carbocycles. The summed E-state index contributed by atoms with van der Waals surface area (Å²) in [6.07, 6.45) is 4.75. The Morgan fingerprint density at radius 1 is 1.45 bits per heavy atom. The molecule has 1 fully saturated rings. The summed E-state index contributed by atoms with van der Waals surface area (Å²) in [6, 6.07) is 0.495. The fraction of sp³-hybridized carbons (Fsp3) is 0.812. The maximum Gasteiger partial charge on any atom is 0.0985 e. The lowest BCUT2D eigenvalue weighted by Gasteiger charge is -2.34. The topological polar surface area (TPSA) is 34.2 Å². The lowest BCUT2D eigenvalue weighted by Crippen LogP contribution is -2.32. The van der Waals surface area contributed by atoms with Crippen LogP contribution in [0.3, 0.4) is 0 Å². The third-order valence-electron chi connectivity index (χ3n) is 4.42. The molecule has 1 aliphatic heterocycles. The Balaban J connectivity index is 1.87. The van der Waals surface area contributed by atoms with E-state index in [9.17, 15) is 0 Å². The molecule has 0 amide bonds. The Labute approximate surface area is 126 Å². The maximum absolute atomic E-state index is 5.63. The van der Waals surface area contributed by atoms with Crippen molar-refractivity contribution in [3.8, 4) is 0 Å². The first-order valence-corrected chi connectivity index (χ1v) is 8.71. The first kappa shape index (κ1) is 14.5. The molecular weight excluding hydrogens is 268 g/mol. The number of hydrogen-bond acceptors (Lipinski definition) is 4. The highest BCUT2D eigenvalue weighted by Gasteiger charge is 2.35. The van der Waals surface area contributed by atoms with Crippen molar-refractivity contribution in [3.63, 3.8) is 0 Å². The molecule has 2 atom stereocenters. The minimum atomic E-state index is 0.355. The number of thiazole rings is 1. The molecule has 3 rings (SSSR count). The first-order valence-electron chi connectivity index (χ1n) is 7.89. The van der Waals surface area contributed by atoms with Crippen LogP contribution >= 0.6 is 11.3 Å². The second-order valence-electron chi connectivity index (χ2n) is 6.93. The summed E-state index contributed by atoms with van der Waals surface area (Å²) in [5.74, 6) is 0.532. The Hall–Kier alpha value is -0.450. The van der Waals surface area contributed by atoms with Crippen LogP contribution in [-0.2, 0) is 11.2 Å². The molecule has 0 radical (unpaired) electrons. The number of aromatic nitrogens is 1. The molecule has 1 N–H and O–H groups in total. The van der Waals surface area contributed by atoms with Crippen molar-refractivity contribution < 1.29 is 4.74 Å². The summed E-state index contributed by atoms with van der Waals surface area (Å²) in [5.41, 5.74) is 1.70. The third kappa shape index (κ3) is 2.92. The Bertz CT molecular complexity index is 463. The minimum Gasteiger partial charge on any atom is -0.381 e. The van der Waals surface area contributed by atoms with Crippen LogP contribution in [0.4, 0.5) is 0 Å². The number of hydrogen-bond donors (Lipinski definition) is 1. The summed E-state index contributed by atoms with van der Waals surface area (Å²) in [5, 5.41) is 4.97. The van der Waals surface area contributed by atoms with E-state index in [2.05, 4.69) is 26.1 Å². The number of nitrogens with one attached hydrogen (secondary N) is 1. The number of fused-ring (bicyclic) bond motifs is 1. The van der Waals surface area contributed by atoms with Gasteiger partial charge in [0.25, 0.3) is 0 Å². The Morgan fingerprint density at radius 2 is 2.30 bits per heavy atom. The van der Waals surface area contributed by atoms with E-state index >= 15 is 0 Å². The highest BCUT2D eigenvalue weighted by atomic mass is 32.1. The van der Waals surface area contributed by atoms with Crippen molar-refractivity contribution in [2.75, 3.05) is 19.8 Å². The smallest absolute Gasteiger partial charge is 0.0985 e. The number of ether oxygens (including phenoxy) is 1. The highest BCUT2D eigenvalue weighted by molar-refractivity contribution is 7.12. The molecular formula is C16H26N2OS. The van der Waals surface area contributed by atoms with Gasteiger partial charge < -0.3 is 10.1 Å². The lowest BCUT2D eigenvalue weighted by atomic mass is 9.76. The Kier molecular flexibility index (Phi) is 4.16. The predicted molar refractivity (Wildman–Crippen MR) is 83.4 cm³/mol. The molecule has 3 nitrogen and oxygen atoms in total. The molecule has 1 aromatic rings. The molecule has 2 unspecified atom stereocenters. The second-order valence-corrected chi connectivity index (χ2v) is 7.99. The maximum atomic E-state index is 5.63. The van der Waals surface area contributed by atoms with E-state index < -0.39 is 0 Å². The largest absolute Gasteiger partial charge is 0.381 e. The number of nitrogens with zero attached hydrogens (tertiary/aromatic N) is 1. The average Bonchev–Trinajstić information content (AvgIpc) is 2.82. The van der Waals surface area contributed by atoms with Gasteiger partial charge in [0.2, 0.25) is 0 Å². The third-order valence-corrected chi connectivity index (χ3v) is 5.80. The van der Waals surface area contributed by atoms with Gasteiger partial charge >= 0.3 is 0 Å². The second kappa shape index (κ2) is 5.74. The highest BCUT2D eigenvalue weighted by Crippen LogP contribution is 2.44. The van der Waals surface area contributed by atoms with Crippen LogP contribution in [0.25, 0.3) is 0 Å². The first-order chi connectivity index (χ1) is 9.59. The lowest BCUT2D eigenvalue weighted by molar-refractivity contribution is 0.0803. The van der Waals surface area contributed by atoms with Crippen LogP contribution in [0.2, 0.25) is 0 Å². The summed E-state index contributed by atoms with van der Waals surface area (Å²) < 4.78 is 5.63. The molecule has 20 heavy (non-hydrogen) atoms. The zero-order valence-electron chi connectivity index (χ0n) is 12.9. The van der Waals surface area contributed by atoms with Crippen LogP contribution in [0, 0.1) is 5.41 Å². The standard InChI is InChI=1S/C16H26N2OS/c1-4-17-12-8-16(2,3)9-13-14(12)20-15(18-13)11-6-5-7-19-10-11/h11-12,17H,4-10H2,1-3H3. The van der Waals surface area contributed by atoms with E-state index in [4.69, 9.17) is 9.72 Å². The van der Waals surface area contributed by atoms with E-state index in [-0.39, 0.29) is 0 Å². The van der Waals surface area contributed by atoms with Gasteiger partial charge in [-0.2, -0.15) is 0 Å². The van der Waals surface area contributed by atoms with E-state index in [1.165, 1.54) is 34.8 Å². The van der Waals surface area contributed by atoms with Crippen LogP contribution in [0.1, 0.15) is 67.6 Å². The molecule has 2 heterocycles. The fourth-order valence-corrected chi connectivity index (χ4v) is 4.75. The zero-order valence-corrected chi connectivity index (χ0v) is 13.7. The van der Waals surface area contributed by atoms with Gasteiger partial charge in [-0.15, -0.1) is 11.3 Å². The molecule has 0 bridgehead atoms. The van der Waals surface area contributed by atoms with Crippen LogP contribution < -0.4 is 5.32 Å². The minimum absolute atomic E-state index is 0.355. The van der Waals surface area contributed by atoms with Crippen LogP contribution in [-0.4, -0.2) is 24.7 Å². The monoisotopic (exact) mass is 294 g/mol. The van der Waals surface area contributed by atoms with Gasteiger partial charge in [0.15, 0.2) is 0 Å². The van der Waals surface area contributed by atoms with Crippen molar-refractivity contribution in [3.05, 3.63) is 15.6 Å². The molecule has 112 valence electrons. The SMILES string of the molecule is CCNC1CC(C)(C)Cc2nc(C3CCCOC3)sc21. The molecule has 1 aromatic heterocycles. The Morgan fingerprint density at radius 3 is 3.00 bits per heavy atom. The van der Waals surface area contributed by atoms with Crippen LogP contribution in [0.5, 0.6) is 0 Å². The van der Waals surface area contributed by atoms with Crippen molar-refractivity contribution in [2.24, 2.45) is 5.41 Å². The predicted octanol–water partition coefficient (Wildman–Crippen LogP) is 3.66. The van der Waals surface area contributed by atoms with Crippen molar-refractivity contribution in [1.29, 1.82) is 0 Å². The van der Waals surface area contributed by atoms with Gasteiger partial charge in [-0.05, 0) is 37.6 Å². The molecule has 1 saturated heterocycles. The van der Waals surface area contributed by atoms with Crippen molar-refractivity contribution in [2.45, 2.75) is 58.4 Å². The zero-order chi connectivity index (χ0) is 14.2. The van der Waals surface area contributed by atoms with E-state index in [1.807, 2.05) is 11.3 Å². The fourth-order valence-electron chi connectivity index (χ4n) is 3.47. The molecule has 0 spiro atoms. The van der Waals surface area contributed by atoms with Gasteiger partial charge in [-0.1, -0.05) is 20.8 Å². The summed E-state index contributed by atoms with van der Waals surface area (Å²) in [4.78, 5) is 6.49. The summed E-state index contributed by atoms with van der Waals surface area (Å²) in [7, 11) is 0. The van der Waals surface area contributed by atoms with E-state index in [0.717, 1.165) is 26.2 Å². The summed E-state index contributed by atoms with van der Waals surface area (Å²) >= 11 is 1.94. The van der Waals surface area contributed by atoms with Crippen LogP contribution in [0.15, 0.2) is 0 Å². The average molecular weight is 294 g/mol. The quantitative estimate of drug-likeness (QED) is 0.924. The molecule has 4 heteroatoms. The van der Waals surface area contributed by atoms with Gasteiger partial charge in [0.1, 0.15) is 0 Å². The molecule has 0 aromatic carbocycles. The van der Waals surface area contributed by atoms with Gasteiger partial charge in [-0.25, -0.2) is 4.98 Å². The van der Waals surface area contributed by atoms with Gasteiger partial charge in [0, 0.05) is 23.4 Å². The van der Waals surface area contributed by atoms with E-state index in [1.54, 1.807) is 0 Å². The van der Waals surface area contributed by atoms with Crippen molar-refractivity contribution in [1.82, 2.24) is 10.3 Å². The van der Waals surface area contributed by atoms with Gasteiger partial charge in [0.05, 0.1) is 17.3 Å². The molecule has 1 aliphatic carbocycles. The molecule has 2 aliphatic rings. The van der Waals surface area contributed by atoms with Gasteiger partial charge in [-0.3, -0.25) is 0 Å². The summed E-state index contributed by atoms with van der Waals surface area (Å²) in [6.45, 7) is 9.74.